The number of nitrogens with one attached hydrogen (secondary N) is 1. The van der Waals surface area contributed by atoms with Crippen molar-refractivity contribution < 1.29 is 0 Å². The molecule has 0 aromatic carbocycles. The van der Waals surface area contributed by atoms with E-state index in [1.807, 2.05) is 18.2 Å². The van der Waals surface area contributed by atoms with Gasteiger partial charge < -0.3 is 5.32 Å². The molecule has 4 heteroatoms. The Morgan fingerprint density at radius 3 is 2.93 bits per heavy atom. The minimum absolute atomic E-state index is 0.842. The van der Waals surface area contributed by atoms with Gasteiger partial charge in [-0.2, -0.15) is 0 Å². The zero-order chi connectivity index (χ0) is 10.2. The summed E-state index contributed by atoms with van der Waals surface area (Å²) >= 11 is 1.63. The first-order valence-corrected chi connectivity index (χ1v) is 5.66. The van der Waals surface area contributed by atoms with E-state index in [1.165, 1.54) is 0 Å². The zero-order valence-corrected chi connectivity index (χ0v) is 9.18. The van der Waals surface area contributed by atoms with Crippen molar-refractivity contribution in [3.05, 3.63) is 24.8 Å². The Labute approximate surface area is 89.0 Å². The first-order chi connectivity index (χ1) is 6.86. The minimum Gasteiger partial charge on any atom is -0.369 e. The van der Waals surface area contributed by atoms with Crippen molar-refractivity contribution in [1.29, 1.82) is 0 Å². The average Bonchev–Trinajstić information content (AvgIpc) is 2.25. The zero-order valence-electron chi connectivity index (χ0n) is 8.36. The summed E-state index contributed by atoms with van der Waals surface area (Å²) in [5.74, 6) is 1.71. The third-order valence-corrected chi connectivity index (χ3v) is 2.46. The molecule has 1 N–H and O–H groups in total. The summed E-state index contributed by atoms with van der Waals surface area (Å²) in [5.41, 5.74) is 0. The monoisotopic (exact) mass is 209 g/mol. The van der Waals surface area contributed by atoms with Gasteiger partial charge in [0.05, 0.1) is 0 Å². The maximum Gasteiger partial charge on any atom is 0.148 e. The molecule has 3 nitrogen and oxygen atoms in total. The van der Waals surface area contributed by atoms with Gasteiger partial charge in [0.2, 0.25) is 0 Å². The molecule has 0 bridgehead atoms. The summed E-state index contributed by atoms with van der Waals surface area (Å²) < 4.78 is 0. The van der Waals surface area contributed by atoms with Crippen molar-refractivity contribution in [2.24, 2.45) is 0 Å². The molecule has 0 radical (unpaired) electrons. The summed E-state index contributed by atoms with van der Waals surface area (Å²) in [6.07, 6.45) is 2.95. The number of thioether (sulfide) groups is 1. The Balaban J connectivity index is 2.46. The number of hydrogen-bond acceptors (Lipinski definition) is 4. The van der Waals surface area contributed by atoms with Crippen LogP contribution in [0.25, 0.3) is 0 Å². The fraction of sp³-hybridized carbons (Fsp3) is 0.400. The van der Waals surface area contributed by atoms with Crippen molar-refractivity contribution in [2.75, 3.05) is 17.6 Å². The highest BCUT2D eigenvalue weighted by Gasteiger charge is 1.96. The molecule has 1 aromatic rings. The van der Waals surface area contributed by atoms with E-state index in [2.05, 4.69) is 29.0 Å². The topological polar surface area (TPSA) is 37.8 Å². The van der Waals surface area contributed by atoms with Gasteiger partial charge >= 0.3 is 0 Å². The lowest BCUT2D eigenvalue weighted by Gasteiger charge is -2.02. The van der Waals surface area contributed by atoms with Gasteiger partial charge in [-0.05, 0) is 18.6 Å². The Hall–Kier alpha value is -1.03. The van der Waals surface area contributed by atoms with Crippen LogP contribution in [-0.4, -0.2) is 22.5 Å². The maximum atomic E-state index is 4.07. The Morgan fingerprint density at radius 2 is 2.36 bits per heavy atom. The van der Waals surface area contributed by atoms with Gasteiger partial charge in [-0.3, -0.25) is 0 Å². The van der Waals surface area contributed by atoms with E-state index in [0.717, 1.165) is 29.6 Å². The molecule has 0 atom stereocenters. The highest BCUT2D eigenvalue weighted by molar-refractivity contribution is 7.99. The number of aromatic nitrogens is 2. The quantitative estimate of drug-likeness (QED) is 0.577. The van der Waals surface area contributed by atoms with Gasteiger partial charge in [-0.1, -0.05) is 13.0 Å². The van der Waals surface area contributed by atoms with Gasteiger partial charge in [-0.25, -0.2) is 0 Å². The fourth-order valence-corrected chi connectivity index (χ4v) is 1.44. The summed E-state index contributed by atoms with van der Waals surface area (Å²) in [4.78, 5) is 0. The first-order valence-electron chi connectivity index (χ1n) is 4.68. The largest absolute Gasteiger partial charge is 0.369 e. The highest BCUT2D eigenvalue weighted by atomic mass is 32.2. The lowest BCUT2D eigenvalue weighted by molar-refractivity contribution is 0.903. The third kappa shape index (κ3) is 3.79. The second-order valence-electron chi connectivity index (χ2n) is 2.78. The Kier molecular flexibility index (Phi) is 5.07. The molecule has 0 aliphatic carbocycles. The lowest BCUT2D eigenvalue weighted by Crippen LogP contribution is -2.02. The minimum atomic E-state index is 0.842. The van der Waals surface area contributed by atoms with Crippen molar-refractivity contribution >= 4 is 17.6 Å². The van der Waals surface area contributed by atoms with E-state index < -0.39 is 0 Å². The predicted molar refractivity (Wildman–Crippen MR) is 61.7 cm³/mol. The fourth-order valence-electron chi connectivity index (χ4n) is 0.889. The molecule has 1 aromatic heterocycles. The predicted octanol–water partition coefficient (Wildman–Crippen LogP) is 2.58. The van der Waals surface area contributed by atoms with E-state index >= 15 is 0 Å². The summed E-state index contributed by atoms with van der Waals surface area (Å²) in [6.45, 7) is 6.71. The molecule has 0 unspecified atom stereocenters. The van der Waals surface area contributed by atoms with Crippen LogP contribution in [0.5, 0.6) is 0 Å². The molecular formula is C10H15N3S. The van der Waals surface area contributed by atoms with Crippen LogP contribution in [0.15, 0.2) is 29.8 Å². The molecule has 1 rings (SSSR count). The van der Waals surface area contributed by atoms with E-state index in [0.29, 0.717) is 0 Å². The molecule has 76 valence electrons. The van der Waals surface area contributed by atoms with Gasteiger partial charge in [0.1, 0.15) is 10.8 Å². The normalized spacial score (nSPS) is 9.79. The van der Waals surface area contributed by atoms with Crippen molar-refractivity contribution in [3.8, 4) is 0 Å². The van der Waals surface area contributed by atoms with Gasteiger partial charge in [0, 0.05) is 12.3 Å². The van der Waals surface area contributed by atoms with Gasteiger partial charge in [0.25, 0.3) is 0 Å². The van der Waals surface area contributed by atoms with Crippen LogP contribution in [0.3, 0.4) is 0 Å². The SMILES string of the molecule is C=CCSc1ccc(NCCC)nn1. The second-order valence-corrected chi connectivity index (χ2v) is 3.82. The van der Waals surface area contributed by atoms with Crippen molar-refractivity contribution in [3.63, 3.8) is 0 Å². The van der Waals surface area contributed by atoms with E-state index in [-0.39, 0.29) is 0 Å². The lowest BCUT2D eigenvalue weighted by atomic mass is 10.4. The van der Waals surface area contributed by atoms with Crippen LogP contribution in [0.1, 0.15) is 13.3 Å². The molecule has 0 amide bonds. The molecule has 0 saturated heterocycles. The molecule has 1 heterocycles. The van der Waals surface area contributed by atoms with Crippen LogP contribution in [-0.2, 0) is 0 Å². The van der Waals surface area contributed by atoms with E-state index in [4.69, 9.17) is 0 Å². The van der Waals surface area contributed by atoms with Crippen LogP contribution in [0.2, 0.25) is 0 Å². The van der Waals surface area contributed by atoms with Crippen LogP contribution in [0, 0.1) is 0 Å². The van der Waals surface area contributed by atoms with Gasteiger partial charge in [0.15, 0.2) is 0 Å². The Morgan fingerprint density at radius 1 is 1.50 bits per heavy atom. The van der Waals surface area contributed by atoms with Crippen molar-refractivity contribution in [2.45, 2.75) is 18.4 Å². The van der Waals surface area contributed by atoms with Crippen LogP contribution in [0.4, 0.5) is 5.82 Å². The molecule has 0 fully saturated rings. The van der Waals surface area contributed by atoms with Crippen molar-refractivity contribution in [1.82, 2.24) is 10.2 Å². The number of rotatable bonds is 6. The summed E-state index contributed by atoms with van der Waals surface area (Å²) in [5, 5.41) is 12.2. The number of anilines is 1. The first kappa shape index (κ1) is 11.0. The summed E-state index contributed by atoms with van der Waals surface area (Å²) in [7, 11) is 0. The summed E-state index contributed by atoms with van der Waals surface area (Å²) in [6, 6.07) is 3.92. The van der Waals surface area contributed by atoms with E-state index in [9.17, 15) is 0 Å². The number of nitrogens with zero attached hydrogens (tertiary/aromatic N) is 2. The Bertz CT molecular complexity index is 271. The molecule has 14 heavy (non-hydrogen) atoms. The second kappa shape index (κ2) is 6.43. The maximum absolute atomic E-state index is 4.07. The number of hydrogen-bond donors (Lipinski definition) is 1. The van der Waals surface area contributed by atoms with Gasteiger partial charge in [-0.15, -0.1) is 28.5 Å². The molecule has 0 spiro atoms. The smallest absolute Gasteiger partial charge is 0.148 e. The van der Waals surface area contributed by atoms with Crippen LogP contribution >= 0.6 is 11.8 Å². The molecule has 0 aliphatic rings. The van der Waals surface area contributed by atoms with E-state index in [1.54, 1.807) is 11.8 Å². The third-order valence-electron chi connectivity index (χ3n) is 1.55. The molecule has 0 saturated carbocycles. The average molecular weight is 209 g/mol. The highest BCUT2D eigenvalue weighted by Crippen LogP contribution is 2.14. The molecule has 0 aliphatic heterocycles. The van der Waals surface area contributed by atoms with Crippen LogP contribution < -0.4 is 5.32 Å². The molecular weight excluding hydrogens is 194 g/mol. The standard InChI is InChI=1S/C10H15N3S/c1-3-7-11-9-5-6-10(13-12-9)14-8-4-2/h4-6H,2-3,7-8H2,1H3,(H,11,12).